The van der Waals surface area contributed by atoms with Gasteiger partial charge >= 0.3 is 0 Å². The molecular formula is C25H35N3O. The lowest BCUT2D eigenvalue weighted by Gasteiger charge is -2.56. The second-order valence-electron chi connectivity index (χ2n) is 9.70. The molecule has 2 aliphatic rings. The van der Waals surface area contributed by atoms with E-state index in [9.17, 15) is 5.11 Å². The number of pyridine rings is 1. The summed E-state index contributed by atoms with van der Waals surface area (Å²) < 4.78 is 0. The molecule has 0 amide bonds. The highest BCUT2D eigenvalue weighted by Crippen LogP contribution is 2.50. The van der Waals surface area contributed by atoms with E-state index in [4.69, 9.17) is 0 Å². The van der Waals surface area contributed by atoms with Crippen LogP contribution >= 0.6 is 0 Å². The average Bonchev–Trinajstić information content (AvgIpc) is 2.73. The summed E-state index contributed by atoms with van der Waals surface area (Å²) in [5.41, 5.74) is 3.00. The van der Waals surface area contributed by atoms with Gasteiger partial charge in [0, 0.05) is 43.4 Å². The molecule has 1 aromatic carbocycles. The van der Waals surface area contributed by atoms with Crippen molar-refractivity contribution in [3.8, 4) is 0 Å². The van der Waals surface area contributed by atoms with Crippen LogP contribution < -0.4 is 4.90 Å². The van der Waals surface area contributed by atoms with Crippen LogP contribution in [0, 0.1) is 5.41 Å². The summed E-state index contributed by atoms with van der Waals surface area (Å²) in [6.45, 7) is 10.5. The molecule has 3 heterocycles. The molecule has 29 heavy (non-hydrogen) atoms. The first-order chi connectivity index (χ1) is 13.8. The second kappa shape index (κ2) is 7.73. The van der Waals surface area contributed by atoms with E-state index in [1.807, 2.05) is 12.4 Å². The van der Waals surface area contributed by atoms with Crippen molar-refractivity contribution in [2.24, 2.45) is 5.41 Å². The van der Waals surface area contributed by atoms with Gasteiger partial charge in [-0.1, -0.05) is 45.0 Å². The quantitative estimate of drug-likeness (QED) is 0.818. The number of aromatic nitrogens is 1. The zero-order chi connectivity index (χ0) is 20.6. The number of hydrogen-bond acceptors (Lipinski definition) is 4. The number of likely N-dealkylation sites (tertiary alicyclic amines) is 1. The van der Waals surface area contributed by atoms with E-state index in [2.05, 4.69) is 72.9 Å². The fourth-order valence-corrected chi connectivity index (χ4v) is 5.30. The first-order valence-electron chi connectivity index (χ1n) is 11.1. The smallest absolute Gasteiger partial charge is 0.124 e. The van der Waals surface area contributed by atoms with Gasteiger partial charge in [0.15, 0.2) is 0 Å². The van der Waals surface area contributed by atoms with Gasteiger partial charge in [0.1, 0.15) is 5.60 Å². The molecule has 1 N–H and O–H groups in total. The van der Waals surface area contributed by atoms with Crippen molar-refractivity contribution < 1.29 is 5.11 Å². The summed E-state index contributed by atoms with van der Waals surface area (Å²) in [6.07, 6.45) is 7.58. The maximum absolute atomic E-state index is 12.3. The summed E-state index contributed by atoms with van der Waals surface area (Å²) in [5.74, 6) is 0.478. The Kier molecular flexibility index (Phi) is 5.43. The molecule has 0 radical (unpaired) electrons. The molecule has 156 valence electrons. The van der Waals surface area contributed by atoms with Gasteiger partial charge in [-0.3, -0.25) is 4.98 Å². The highest BCUT2D eigenvalue weighted by atomic mass is 16.3. The van der Waals surface area contributed by atoms with Crippen LogP contribution in [0.4, 0.5) is 5.69 Å². The van der Waals surface area contributed by atoms with Crippen LogP contribution in [-0.4, -0.2) is 48.2 Å². The monoisotopic (exact) mass is 393 g/mol. The fraction of sp³-hybridized carbons (Fsp3) is 0.560. The predicted molar refractivity (Wildman–Crippen MR) is 119 cm³/mol. The van der Waals surface area contributed by atoms with Gasteiger partial charge in [0.2, 0.25) is 0 Å². The third-order valence-corrected chi connectivity index (χ3v) is 6.97. The Bertz CT molecular complexity index is 835. The molecular weight excluding hydrogens is 358 g/mol. The van der Waals surface area contributed by atoms with Gasteiger partial charge in [-0.2, -0.15) is 0 Å². The molecule has 2 aromatic rings. The minimum Gasteiger partial charge on any atom is -0.380 e. The maximum Gasteiger partial charge on any atom is 0.124 e. The van der Waals surface area contributed by atoms with Gasteiger partial charge in [-0.05, 0) is 49.4 Å². The van der Waals surface area contributed by atoms with Crippen molar-refractivity contribution >= 4 is 5.69 Å². The summed E-state index contributed by atoms with van der Waals surface area (Å²) in [6, 6.07) is 10.7. The van der Waals surface area contributed by atoms with Crippen LogP contribution in [0.2, 0.25) is 0 Å². The van der Waals surface area contributed by atoms with Crippen LogP contribution in [0.25, 0.3) is 0 Å². The largest absolute Gasteiger partial charge is 0.380 e. The molecule has 2 saturated heterocycles. The molecule has 4 heteroatoms. The molecule has 0 unspecified atom stereocenters. The van der Waals surface area contributed by atoms with Gasteiger partial charge < -0.3 is 14.9 Å². The summed E-state index contributed by atoms with van der Waals surface area (Å²) in [5, 5.41) is 12.3. The van der Waals surface area contributed by atoms with Crippen LogP contribution in [0.15, 0.2) is 42.7 Å². The molecule has 4 rings (SSSR count). The van der Waals surface area contributed by atoms with E-state index in [1.165, 1.54) is 24.8 Å². The number of hydrogen-bond donors (Lipinski definition) is 1. The second-order valence-corrected chi connectivity index (χ2v) is 9.70. The van der Waals surface area contributed by atoms with E-state index in [-0.39, 0.29) is 5.41 Å². The van der Waals surface area contributed by atoms with E-state index < -0.39 is 5.60 Å². The Hall–Kier alpha value is -1.91. The van der Waals surface area contributed by atoms with E-state index >= 15 is 0 Å². The third-order valence-electron chi connectivity index (χ3n) is 6.97. The SMILES string of the molecule is CC(C)c1ccc([C@](O)(c2cncc(N3CCCCC3)c2)C2(C)CN(C)C2)cc1. The highest BCUT2D eigenvalue weighted by molar-refractivity contribution is 5.51. The molecule has 1 atom stereocenters. The predicted octanol–water partition coefficient (Wildman–Crippen LogP) is 4.38. The molecule has 1 aromatic heterocycles. The fourth-order valence-electron chi connectivity index (χ4n) is 5.30. The van der Waals surface area contributed by atoms with Crippen molar-refractivity contribution in [1.82, 2.24) is 9.88 Å². The van der Waals surface area contributed by atoms with E-state index in [0.717, 1.165) is 43.0 Å². The Morgan fingerprint density at radius 1 is 1.00 bits per heavy atom. The van der Waals surface area contributed by atoms with Crippen molar-refractivity contribution in [1.29, 1.82) is 0 Å². The minimum atomic E-state index is -1.06. The van der Waals surface area contributed by atoms with Crippen molar-refractivity contribution in [2.45, 2.75) is 51.6 Å². The van der Waals surface area contributed by atoms with Gasteiger partial charge in [-0.15, -0.1) is 0 Å². The Labute approximate surface area is 175 Å². The maximum atomic E-state index is 12.3. The van der Waals surface area contributed by atoms with Gasteiger partial charge in [0.25, 0.3) is 0 Å². The van der Waals surface area contributed by atoms with E-state index in [0.29, 0.717) is 5.92 Å². The highest BCUT2D eigenvalue weighted by Gasteiger charge is 2.55. The molecule has 2 fully saturated rings. The van der Waals surface area contributed by atoms with Crippen LogP contribution in [0.1, 0.15) is 62.6 Å². The van der Waals surface area contributed by atoms with Crippen LogP contribution in [-0.2, 0) is 5.60 Å². The molecule has 0 saturated carbocycles. The van der Waals surface area contributed by atoms with Crippen molar-refractivity contribution in [3.05, 3.63) is 59.4 Å². The lowest BCUT2D eigenvalue weighted by Crippen LogP contribution is -2.63. The number of aliphatic hydroxyl groups is 1. The minimum absolute atomic E-state index is 0.247. The third kappa shape index (κ3) is 3.57. The summed E-state index contributed by atoms with van der Waals surface area (Å²) in [4.78, 5) is 9.26. The number of nitrogens with zero attached hydrogens (tertiary/aromatic N) is 3. The first-order valence-corrected chi connectivity index (χ1v) is 11.1. The molecule has 0 aliphatic carbocycles. The number of piperidine rings is 1. The molecule has 2 aliphatic heterocycles. The van der Waals surface area contributed by atoms with Gasteiger partial charge in [0.05, 0.1) is 11.9 Å². The molecule has 0 bridgehead atoms. The van der Waals surface area contributed by atoms with Crippen LogP contribution in [0.5, 0.6) is 0 Å². The zero-order valence-corrected chi connectivity index (χ0v) is 18.4. The summed E-state index contributed by atoms with van der Waals surface area (Å²) in [7, 11) is 2.12. The van der Waals surface area contributed by atoms with Crippen LogP contribution in [0.3, 0.4) is 0 Å². The molecule has 4 nitrogen and oxygen atoms in total. The number of benzene rings is 1. The average molecular weight is 394 g/mol. The normalized spacial score (nSPS) is 21.7. The standard InChI is InChI=1S/C25H35N3O/c1-19(2)20-8-10-21(11-9-20)25(29,24(3)17-27(4)18-24)22-14-23(16-26-15-22)28-12-6-5-7-13-28/h8-11,14-16,19,29H,5-7,12-13,17-18H2,1-4H3/t25-/m0/s1. The Morgan fingerprint density at radius 3 is 2.24 bits per heavy atom. The summed E-state index contributed by atoms with van der Waals surface area (Å²) >= 11 is 0. The van der Waals surface area contributed by atoms with Crippen molar-refractivity contribution in [3.63, 3.8) is 0 Å². The number of rotatable bonds is 5. The number of anilines is 1. The lowest BCUT2D eigenvalue weighted by molar-refractivity contribution is -0.127. The van der Waals surface area contributed by atoms with Gasteiger partial charge in [-0.25, -0.2) is 0 Å². The molecule has 0 spiro atoms. The van der Waals surface area contributed by atoms with E-state index in [1.54, 1.807) is 0 Å². The lowest BCUT2D eigenvalue weighted by atomic mass is 9.62. The topological polar surface area (TPSA) is 39.6 Å². The Morgan fingerprint density at radius 2 is 1.66 bits per heavy atom. The Balaban J connectivity index is 1.77. The zero-order valence-electron chi connectivity index (χ0n) is 18.4. The first kappa shape index (κ1) is 20.4. The van der Waals surface area contributed by atoms with Crippen molar-refractivity contribution in [2.75, 3.05) is 38.1 Å².